The van der Waals surface area contributed by atoms with E-state index >= 15 is 0 Å². The molecule has 0 unspecified atom stereocenters. The molecule has 0 atom stereocenters. The summed E-state index contributed by atoms with van der Waals surface area (Å²) in [7, 11) is 3.93. The van der Waals surface area contributed by atoms with E-state index in [0.717, 1.165) is 13.0 Å². The molecule has 27 heavy (non-hydrogen) atoms. The van der Waals surface area contributed by atoms with Gasteiger partial charge in [0.25, 0.3) is 5.91 Å². The van der Waals surface area contributed by atoms with Gasteiger partial charge in [-0.3, -0.25) is 9.69 Å². The van der Waals surface area contributed by atoms with Gasteiger partial charge in [-0.2, -0.15) is 0 Å². The Hall–Kier alpha value is -1.73. The molecule has 0 radical (unpaired) electrons. The van der Waals surface area contributed by atoms with Gasteiger partial charge in [-0.25, -0.2) is 9.37 Å². The second-order valence-corrected chi connectivity index (χ2v) is 8.17. The number of amides is 1. The van der Waals surface area contributed by atoms with Crippen LogP contribution in [0.1, 0.15) is 16.8 Å². The van der Waals surface area contributed by atoms with Gasteiger partial charge in [0.05, 0.1) is 15.3 Å². The number of thiazole rings is 1. The summed E-state index contributed by atoms with van der Waals surface area (Å²) in [5, 5.41) is 1.18. The molecule has 1 heterocycles. The lowest BCUT2D eigenvalue weighted by Crippen LogP contribution is -2.33. The van der Waals surface area contributed by atoms with Crippen molar-refractivity contribution in [2.24, 2.45) is 0 Å². The van der Waals surface area contributed by atoms with E-state index in [1.54, 1.807) is 35.2 Å². The fraction of sp³-hybridized carbons (Fsp3) is 0.263. The van der Waals surface area contributed by atoms with E-state index < -0.39 is 5.82 Å². The maximum absolute atomic E-state index is 14.1. The Morgan fingerprint density at radius 2 is 1.96 bits per heavy atom. The van der Waals surface area contributed by atoms with E-state index in [-0.39, 0.29) is 11.4 Å². The van der Waals surface area contributed by atoms with E-state index in [2.05, 4.69) is 4.98 Å². The second kappa shape index (κ2) is 8.52. The van der Waals surface area contributed by atoms with E-state index in [0.29, 0.717) is 32.0 Å². The van der Waals surface area contributed by atoms with Crippen LogP contribution in [0.25, 0.3) is 10.2 Å². The lowest BCUT2D eigenvalue weighted by atomic mass is 10.2. The van der Waals surface area contributed by atoms with Crippen LogP contribution < -0.4 is 4.90 Å². The van der Waals surface area contributed by atoms with Crippen LogP contribution in [0.4, 0.5) is 9.52 Å². The molecule has 0 spiro atoms. The number of anilines is 1. The number of rotatable bonds is 6. The van der Waals surface area contributed by atoms with Crippen molar-refractivity contribution in [3.8, 4) is 0 Å². The number of nitrogens with zero attached hydrogens (tertiary/aromatic N) is 3. The zero-order valence-corrected chi connectivity index (χ0v) is 17.2. The maximum Gasteiger partial charge on any atom is 0.261 e. The second-order valence-electron chi connectivity index (χ2n) is 6.32. The molecule has 1 amide bonds. The van der Waals surface area contributed by atoms with Crippen LogP contribution in [0.3, 0.4) is 0 Å². The third-order valence-corrected chi connectivity index (χ3v) is 5.59. The molecule has 0 aliphatic heterocycles. The molecule has 0 saturated carbocycles. The summed E-state index contributed by atoms with van der Waals surface area (Å²) >= 11 is 13.5. The molecule has 3 aromatic rings. The van der Waals surface area contributed by atoms with E-state index in [9.17, 15) is 9.18 Å². The van der Waals surface area contributed by atoms with Crippen molar-refractivity contribution in [2.75, 3.05) is 32.1 Å². The zero-order valence-electron chi connectivity index (χ0n) is 14.9. The van der Waals surface area contributed by atoms with Gasteiger partial charge in [-0.1, -0.05) is 40.6 Å². The molecular formula is C19H18Cl2FN3OS. The Labute approximate surface area is 171 Å². The number of aromatic nitrogens is 1. The van der Waals surface area contributed by atoms with Crippen LogP contribution >= 0.6 is 34.5 Å². The first kappa shape index (κ1) is 20.0. The summed E-state index contributed by atoms with van der Waals surface area (Å²) in [5.41, 5.74) is 0.564. The number of para-hydroxylation sites is 1. The van der Waals surface area contributed by atoms with Crippen LogP contribution in [-0.4, -0.2) is 43.0 Å². The predicted octanol–water partition coefficient (Wildman–Crippen LogP) is 5.34. The highest BCUT2D eigenvalue weighted by atomic mass is 35.5. The van der Waals surface area contributed by atoms with Crippen molar-refractivity contribution < 1.29 is 9.18 Å². The van der Waals surface area contributed by atoms with Crippen molar-refractivity contribution >= 4 is 55.8 Å². The van der Waals surface area contributed by atoms with Crippen LogP contribution in [-0.2, 0) is 0 Å². The third kappa shape index (κ3) is 4.58. The molecular weight excluding hydrogens is 408 g/mol. The minimum absolute atomic E-state index is 0.264. The van der Waals surface area contributed by atoms with Crippen molar-refractivity contribution in [1.82, 2.24) is 9.88 Å². The van der Waals surface area contributed by atoms with Crippen molar-refractivity contribution in [2.45, 2.75) is 6.42 Å². The number of hydrogen-bond acceptors (Lipinski definition) is 4. The molecule has 2 aromatic carbocycles. The first-order chi connectivity index (χ1) is 12.9. The normalized spacial score (nSPS) is 11.3. The maximum atomic E-state index is 14.1. The lowest BCUT2D eigenvalue weighted by Gasteiger charge is -2.21. The standard InChI is InChI=1S/C19H18Cl2FN3OS/c1-24(2)9-4-10-25(18(26)13-11-12(20)7-8-14(13)21)19-23-17-15(22)5-3-6-16(17)27-19/h3,5-8,11H,4,9-10H2,1-2H3. The number of carbonyl (C=O) groups is 1. The molecule has 8 heteroatoms. The van der Waals surface area contributed by atoms with Crippen LogP contribution in [0.5, 0.6) is 0 Å². The molecule has 0 fully saturated rings. The molecule has 0 saturated heterocycles. The molecule has 3 rings (SSSR count). The topological polar surface area (TPSA) is 36.4 Å². The summed E-state index contributed by atoms with van der Waals surface area (Å²) in [4.78, 5) is 21.1. The summed E-state index contributed by atoms with van der Waals surface area (Å²) < 4.78 is 14.7. The van der Waals surface area contributed by atoms with Gasteiger partial charge in [0.15, 0.2) is 5.13 Å². The van der Waals surface area contributed by atoms with Gasteiger partial charge < -0.3 is 4.90 Å². The average molecular weight is 426 g/mol. The van der Waals surface area contributed by atoms with Gasteiger partial charge in [0.2, 0.25) is 0 Å². The Bertz CT molecular complexity index is 977. The Balaban J connectivity index is 2.00. The fourth-order valence-corrected chi connectivity index (χ4v) is 4.03. The molecule has 142 valence electrons. The number of hydrogen-bond donors (Lipinski definition) is 0. The number of benzene rings is 2. The van der Waals surface area contributed by atoms with E-state index in [1.165, 1.54) is 17.4 Å². The number of fused-ring (bicyclic) bond motifs is 1. The fourth-order valence-electron chi connectivity index (χ4n) is 2.65. The van der Waals surface area contributed by atoms with Crippen molar-refractivity contribution in [3.63, 3.8) is 0 Å². The monoisotopic (exact) mass is 425 g/mol. The Morgan fingerprint density at radius 1 is 1.19 bits per heavy atom. The summed E-state index contributed by atoms with van der Waals surface area (Å²) in [5.74, 6) is -0.711. The SMILES string of the molecule is CN(C)CCCN(C(=O)c1cc(Cl)ccc1Cl)c1nc2c(F)cccc2s1. The minimum Gasteiger partial charge on any atom is -0.309 e. The Morgan fingerprint density at radius 3 is 2.67 bits per heavy atom. The first-order valence-electron chi connectivity index (χ1n) is 8.33. The quantitative estimate of drug-likeness (QED) is 0.534. The predicted molar refractivity (Wildman–Crippen MR) is 111 cm³/mol. The summed E-state index contributed by atoms with van der Waals surface area (Å²) in [6.07, 6.45) is 0.731. The van der Waals surface area contributed by atoms with Crippen molar-refractivity contribution in [1.29, 1.82) is 0 Å². The molecule has 0 aliphatic rings. The van der Waals surface area contributed by atoms with Crippen molar-refractivity contribution in [3.05, 3.63) is 57.8 Å². The first-order valence-corrected chi connectivity index (χ1v) is 9.91. The molecule has 1 aromatic heterocycles. The Kier molecular flexibility index (Phi) is 6.32. The van der Waals surface area contributed by atoms with Crippen LogP contribution in [0.2, 0.25) is 10.0 Å². The lowest BCUT2D eigenvalue weighted by molar-refractivity contribution is 0.0986. The highest BCUT2D eigenvalue weighted by molar-refractivity contribution is 7.22. The van der Waals surface area contributed by atoms with Gasteiger partial charge in [-0.15, -0.1) is 0 Å². The van der Waals surface area contributed by atoms with E-state index in [4.69, 9.17) is 23.2 Å². The minimum atomic E-state index is -0.406. The van der Waals surface area contributed by atoms with Gasteiger partial charge in [0.1, 0.15) is 11.3 Å². The van der Waals surface area contributed by atoms with Crippen LogP contribution in [0.15, 0.2) is 36.4 Å². The average Bonchev–Trinajstić information content (AvgIpc) is 3.05. The molecule has 0 aliphatic carbocycles. The third-order valence-electron chi connectivity index (χ3n) is 3.98. The number of carbonyl (C=O) groups excluding carboxylic acids is 1. The zero-order chi connectivity index (χ0) is 19.6. The molecule has 0 N–H and O–H groups in total. The molecule has 0 bridgehead atoms. The summed E-state index contributed by atoms with van der Waals surface area (Å²) in [6, 6.07) is 9.54. The van der Waals surface area contributed by atoms with Gasteiger partial charge in [-0.05, 0) is 57.4 Å². The molecule has 4 nitrogen and oxygen atoms in total. The summed E-state index contributed by atoms with van der Waals surface area (Å²) in [6.45, 7) is 1.23. The highest BCUT2D eigenvalue weighted by Crippen LogP contribution is 2.32. The number of halogens is 3. The smallest absolute Gasteiger partial charge is 0.261 e. The van der Waals surface area contributed by atoms with Gasteiger partial charge >= 0.3 is 0 Å². The largest absolute Gasteiger partial charge is 0.309 e. The van der Waals surface area contributed by atoms with Gasteiger partial charge in [0, 0.05) is 11.6 Å². The van der Waals surface area contributed by atoms with E-state index in [1.807, 2.05) is 19.0 Å². The van der Waals surface area contributed by atoms with Crippen LogP contribution in [0, 0.1) is 5.82 Å². The highest BCUT2D eigenvalue weighted by Gasteiger charge is 2.24.